The van der Waals surface area contributed by atoms with Crippen LogP contribution >= 0.6 is 11.8 Å². The summed E-state index contributed by atoms with van der Waals surface area (Å²) in [4.78, 5) is 7.37. The summed E-state index contributed by atoms with van der Waals surface area (Å²) in [5.74, 6) is 1.70. The number of hydrogen-bond acceptors (Lipinski definition) is 4. The largest absolute Gasteiger partial charge is 0.452 e. The Balaban J connectivity index is 1.01. The van der Waals surface area contributed by atoms with Crippen molar-refractivity contribution < 1.29 is 4.74 Å². The standard InChI is InChI=1S/C56H34N2OS/c1-2-15-38-33-54-51(32-37(38)14-1)58(55-44-20-8-5-16-41(44)30-42-17-6-9-21-45(42)55)48-27-25-40(34-53(48)60-54)39-26-29-52-50(31-39)57(47-23-11-18-35-12-3-7-19-43(35)47)49-28-24-36-13-4-10-22-46(36)56(49)59-52/h1-34H. The van der Waals surface area contributed by atoms with Crippen molar-refractivity contribution in [1.82, 2.24) is 0 Å². The molecule has 3 nitrogen and oxygen atoms in total. The van der Waals surface area contributed by atoms with Gasteiger partial charge in [0.2, 0.25) is 0 Å². The average molecular weight is 783 g/mol. The lowest BCUT2D eigenvalue weighted by Crippen LogP contribution is -2.16. The third-order valence-electron chi connectivity index (χ3n) is 12.3. The van der Waals surface area contributed by atoms with Crippen LogP contribution in [0.4, 0.5) is 34.1 Å². The second-order valence-corrected chi connectivity index (χ2v) is 16.8. The molecular weight excluding hydrogens is 749 g/mol. The van der Waals surface area contributed by atoms with Gasteiger partial charge in [-0.1, -0.05) is 163 Å². The highest BCUT2D eigenvalue weighted by molar-refractivity contribution is 7.99. The fourth-order valence-corrected chi connectivity index (χ4v) is 10.6. The summed E-state index contributed by atoms with van der Waals surface area (Å²) in [6.45, 7) is 0. The first-order valence-corrected chi connectivity index (χ1v) is 21.2. The van der Waals surface area contributed by atoms with Crippen LogP contribution in [-0.2, 0) is 0 Å². The molecule has 4 heteroatoms. The van der Waals surface area contributed by atoms with Gasteiger partial charge in [0.05, 0.1) is 34.1 Å². The molecule has 0 aromatic heterocycles. The lowest BCUT2D eigenvalue weighted by atomic mass is 9.97. The van der Waals surface area contributed by atoms with Crippen LogP contribution < -0.4 is 14.5 Å². The Hall–Kier alpha value is -7.53. The van der Waals surface area contributed by atoms with Gasteiger partial charge in [-0.15, -0.1) is 0 Å². The van der Waals surface area contributed by atoms with Crippen LogP contribution in [0.2, 0.25) is 0 Å². The molecule has 0 N–H and O–H groups in total. The van der Waals surface area contributed by atoms with E-state index in [4.69, 9.17) is 4.74 Å². The molecule has 0 unspecified atom stereocenters. The SMILES string of the molecule is c1ccc2cc3c(cc2c1)Sc1cc(-c2ccc4c(c2)N(c2cccc5ccccc25)c2ccc5ccccc5c2O4)ccc1N3c1c2ccccc2cc2ccccc12. The monoisotopic (exact) mass is 782 g/mol. The summed E-state index contributed by atoms with van der Waals surface area (Å²) in [6.07, 6.45) is 0. The van der Waals surface area contributed by atoms with Crippen LogP contribution in [0.5, 0.6) is 11.5 Å². The number of hydrogen-bond donors (Lipinski definition) is 0. The maximum Gasteiger partial charge on any atom is 0.159 e. The quantitative estimate of drug-likeness (QED) is 0.166. The maximum absolute atomic E-state index is 6.89. The van der Waals surface area contributed by atoms with Gasteiger partial charge in [0.25, 0.3) is 0 Å². The van der Waals surface area contributed by atoms with Gasteiger partial charge in [-0.3, -0.25) is 0 Å². The average Bonchev–Trinajstić information content (AvgIpc) is 3.30. The van der Waals surface area contributed by atoms with Gasteiger partial charge in [-0.05, 0) is 98.0 Å². The van der Waals surface area contributed by atoms with Crippen LogP contribution in [0.15, 0.2) is 216 Å². The molecule has 0 aliphatic carbocycles. The first-order chi connectivity index (χ1) is 29.7. The second kappa shape index (κ2) is 13.0. The summed E-state index contributed by atoms with van der Waals surface area (Å²) >= 11 is 1.86. The van der Waals surface area contributed by atoms with E-state index in [-0.39, 0.29) is 0 Å². The van der Waals surface area contributed by atoms with E-state index >= 15 is 0 Å². The Kier molecular flexibility index (Phi) is 7.24. The van der Waals surface area contributed by atoms with Crippen LogP contribution in [0.25, 0.3) is 65.0 Å². The molecular formula is C56H34N2OS. The van der Waals surface area contributed by atoms with Gasteiger partial charge < -0.3 is 14.5 Å². The Morgan fingerprint density at radius 2 is 0.883 bits per heavy atom. The van der Waals surface area contributed by atoms with Crippen molar-refractivity contribution in [2.75, 3.05) is 9.80 Å². The zero-order valence-electron chi connectivity index (χ0n) is 32.3. The van der Waals surface area contributed by atoms with E-state index < -0.39 is 0 Å². The first kappa shape index (κ1) is 33.4. The summed E-state index contributed by atoms with van der Waals surface area (Å²) < 4.78 is 6.89. The summed E-state index contributed by atoms with van der Waals surface area (Å²) in [7, 11) is 0. The molecule has 0 amide bonds. The van der Waals surface area contributed by atoms with E-state index in [1.165, 1.54) is 69.9 Å². The smallest absolute Gasteiger partial charge is 0.159 e. The highest BCUT2D eigenvalue weighted by Crippen LogP contribution is 2.57. The molecule has 2 heterocycles. The molecule has 60 heavy (non-hydrogen) atoms. The number of nitrogens with zero attached hydrogens (tertiary/aromatic N) is 2. The first-order valence-electron chi connectivity index (χ1n) is 20.4. The summed E-state index contributed by atoms with van der Waals surface area (Å²) in [5, 5.41) is 12.0. The molecule has 2 aliphatic rings. The lowest BCUT2D eigenvalue weighted by Gasteiger charge is -2.35. The predicted molar refractivity (Wildman–Crippen MR) is 253 cm³/mol. The Bertz CT molecular complexity index is 3530. The van der Waals surface area contributed by atoms with E-state index in [9.17, 15) is 0 Å². The van der Waals surface area contributed by atoms with Crippen LogP contribution in [0, 0.1) is 0 Å². The van der Waals surface area contributed by atoms with Gasteiger partial charge >= 0.3 is 0 Å². The number of fused-ring (bicyclic) bond motifs is 10. The Labute approximate surface area is 351 Å². The predicted octanol–water partition coefficient (Wildman–Crippen LogP) is 16.6. The normalized spacial score (nSPS) is 13.0. The second-order valence-electron chi connectivity index (χ2n) is 15.7. The van der Waals surface area contributed by atoms with E-state index in [2.05, 4.69) is 216 Å². The minimum absolute atomic E-state index is 0.831. The number of rotatable bonds is 3. The van der Waals surface area contributed by atoms with Crippen molar-refractivity contribution in [1.29, 1.82) is 0 Å². The van der Waals surface area contributed by atoms with Crippen LogP contribution in [0.1, 0.15) is 0 Å². The maximum atomic E-state index is 6.89. The fourth-order valence-electron chi connectivity index (χ4n) is 9.52. The zero-order valence-corrected chi connectivity index (χ0v) is 33.2. The molecule has 0 atom stereocenters. The van der Waals surface area contributed by atoms with Gasteiger partial charge in [0.1, 0.15) is 0 Å². The molecule has 11 aromatic rings. The number of ether oxygens (including phenoxy) is 1. The molecule has 11 aromatic carbocycles. The molecule has 0 radical (unpaired) electrons. The van der Waals surface area contributed by atoms with Crippen molar-refractivity contribution in [3.63, 3.8) is 0 Å². The summed E-state index contributed by atoms with van der Waals surface area (Å²) in [6, 6.07) is 75.1. The lowest BCUT2D eigenvalue weighted by molar-refractivity contribution is 0.483. The van der Waals surface area contributed by atoms with E-state index in [1.807, 2.05) is 11.8 Å². The molecule has 0 saturated carbocycles. The number of benzene rings is 11. The van der Waals surface area contributed by atoms with Crippen molar-refractivity contribution in [2.45, 2.75) is 9.79 Å². The van der Waals surface area contributed by atoms with E-state index in [0.717, 1.165) is 50.5 Å². The topological polar surface area (TPSA) is 15.7 Å². The molecule has 0 spiro atoms. The van der Waals surface area contributed by atoms with Crippen molar-refractivity contribution >= 4 is 99.7 Å². The minimum Gasteiger partial charge on any atom is -0.452 e. The molecule has 0 saturated heterocycles. The van der Waals surface area contributed by atoms with Gasteiger partial charge in [-0.25, -0.2) is 0 Å². The third-order valence-corrected chi connectivity index (χ3v) is 13.4. The molecule has 0 fully saturated rings. The Morgan fingerprint density at radius 3 is 1.65 bits per heavy atom. The molecule has 2 aliphatic heterocycles. The fraction of sp³-hybridized carbons (Fsp3) is 0. The van der Waals surface area contributed by atoms with Crippen molar-refractivity contribution in [3.8, 4) is 22.6 Å². The Morgan fingerprint density at radius 1 is 0.317 bits per heavy atom. The van der Waals surface area contributed by atoms with Crippen LogP contribution in [-0.4, -0.2) is 0 Å². The van der Waals surface area contributed by atoms with E-state index in [1.54, 1.807) is 0 Å². The van der Waals surface area contributed by atoms with E-state index in [0.29, 0.717) is 0 Å². The zero-order chi connectivity index (χ0) is 39.3. The summed E-state index contributed by atoms with van der Waals surface area (Å²) in [5.41, 5.74) is 9.01. The highest BCUT2D eigenvalue weighted by Gasteiger charge is 2.31. The molecule has 0 bridgehead atoms. The van der Waals surface area contributed by atoms with Crippen LogP contribution in [0.3, 0.4) is 0 Å². The molecule has 13 rings (SSSR count). The minimum atomic E-state index is 0.831. The van der Waals surface area contributed by atoms with Gasteiger partial charge in [0, 0.05) is 31.3 Å². The van der Waals surface area contributed by atoms with Crippen molar-refractivity contribution in [2.24, 2.45) is 0 Å². The third kappa shape index (κ3) is 5.04. The van der Waals surface area contributed by atoms with Gasteiger partial charge in [-0.2, -0.15) is 0 Å². The number of anilines is 6. The van der Waals surface area contributed by atoms with Crippen molar-refractivity contribution in [3.05, 3.63) is 206 Å². The molecule has 280 valence electrons. The van der Waals surface area contributed by atoms with Gasteiger partial charge in [0.15, 0.2) is 11.5 Å². The highest BCUT2D eigenvalue weighted by atomic mass is 32.2.